The molecule has 0 saturated carbocycles. The van der Waals surface area contributed by atoms with Gasteiger partial charge in [-0.25, -0.2) is 8.42 Å². The van der Waals surface area contributed by atoms with Crippen LogP contribution in [-0.4, -0.2) is 25.0 Å². The van der Waals surface area contributed by atoms with Crippen LogP contribution in [0.25, 0.3) is 0 Å². The van der Waals surface area contributed by atoms with E-state index in [1.165, 1.54) is 31.2 Å². The summed E-state index contributed by atoms with van der Waals surface area (Å²) in [4.78, 5) is 11.1. The third-order valence-corrected chi connectivity index (χ3v) is 3.64. The van der Waals surface area contributed by atoms with Gasteiger partial charge in [0, 0.05) is 10.7 Å². The Morgan fingerprint density at radius 1 is 1.43 bits per heavy atom. The van der Waals surface area contributed by atoms with E-state index < -0.39 is 19.8 Å². The van der Waals surface area contributed by atoms with Gasteiger partial charge in [-0.3, -0.25) is 4.79 Å². The lowest BCUT2D eigenvalue weighted by atomic mass is 9.91. The van der Waals surface area contributed by atoms with E-state index in [0.29, 0.717) is 0 Å². The first kappa shape index (κ1) is 11.4. The standard InChI is InChI=1S/C8H10ClNO3S/c1-6(11)8(10)4-2-7(3-5-8)14(9,12)13/h2-5,7H,10H2,1H3. The number of ketones is 1. The molecule has 1 aliphatic carbocycles. The minimum absolute atomic E-state index is 0.254. The zero-order valence-electron chi connectivity index (χ0n) is 7.48. The predicted octanol–water partition coefficient (Wildman–Crippen LogP) is 0.336. The molecule has 0 unspecified atom stereocenters. The summed E-state index contributed by atoms with van der Waals surface area (Å²) >= 11 is 0. The topological polar surface area (TPSA) is 77.2 Å². The van der Waals surface area contributed by atoms with Crippen LogP contribution in [0.2, 0.25) is 0 Å². The van der Waals surface area contributed by atoms with Gasteiger partial charge in [-0.1, -0.05) is 24.3 Å². The summed E-state index contributed by atoms with van der Waals surface area (Å²) in [7, 11) is 1.46. The van der Waals surface area contributed by atoms with Crippen molar-refractivity contribution in [1.82, 2.24) is 0 Å². The van der Waals surface area contributed by atoms with Crippen molar-refractivity contribution in [3.05, 3.63) is 24.3 Å². The SMILES string of the molecule is CC(=O)C1(N)C=CC(S(=O)(=O)Cl)C=C1. The van der Waals surface area contributed by atoms with E-state index in [2.05, 4.69) is 0 Å². The average Bonchev–Trinajstić information content (AvgIpc) is 2.03. The van der Waals surface area contributed by atoms with Gasteiger partial charge in [-0.05, 0) is 6.92 Å². The zero-order chi connectivity index (χ0) is 11.0. The molecule has 1 rings (SSSR count). The first-order valence-electron chi connectivity index (χ1n) is 3.88. The highest BCUT2D eigenvalue weighted by atomic mass is 35.7. The summed E-state index contributed by atoms with van der Waals surface area (Å²) in [5.74, 6) is -0.254. The van der Waals surface area contributed by atoms with Crippen LogP contribution in [0, 0.1) is 0 Å². The third-order valence-electron chi connectivity index (χ3n) is 2.06. The normalized spacial score (nSPS) is 31.8. The van der Waals surface area contributed by atoms with Crippen LogP contribution in [0.15, 0.2) is 24.3 Å². The number of carbonyl (C=O) groups is 1. The number of hydrogen-bond acceptors (Lipinski definition) is 4. The van der Waals surface area contributed by atoms with E-state index in [4.69, 9.17) is 16.4 Å². The number of rotatable bonds is 2. The van der Waals surface area contributed by atoms with E-state index in [0.717, 1.165) is 0 Å². The van der Waals surface area contributed by atoms with Gasteiger partial charge in [0.25, 0.3) is 0 Å². The van der Waals surface area contributed by atoms with Crippen molar-refractivity contribution in [1.29, 1.82) is 0 Å². The molecule has 0 aromatic carbocycles. The fourth-order valence-corrected chi connectivity index (χ4v) is 1.94. The second-order valence-corrected chi connectivity index (χ2v) is 5.93. The molecule has 4 nitrogen and oxygen atoms in total. The van der Waals surface area contributed by atoms with Gasteiger partial charge in [0.05, 0.1) is 0 Å². The Morgan fingerprint density at radius 2 is 1.86 bits per heavy atom. The van der Waals surface area contributed by atoms with Crippen LogP contribution in [-0.2, 0) is 13.8 Å². The molecule has 0 aliphatic heterocycles. The van der Waals surface area contributed by atoms with Crippen molar-refractivity contribution in [2.24, 2.45) is 5.73 Å². The van der Waals surface area contributed by atoms with Gasteiger partial charge in [-0.2, -0.15) is 0 Å². The number of Topliss-reactive ketones (excluding diaryl/α,β-unsaturated/α-hetero) is 1. The van der Waals surface area contributed by atoms with Crippen molar-refractivity contribution in [3.63, 3.8) is 0 Å². The van der Waals surface area contributed by atoms with Crippen LogP contribution < -0.4 is 5.73 Å². The maximum Gasteiger partial charge on any atom is 0.242 e. The van der Waals surface area contributed by atoms with Gasteiger partial charge in [0.2, 0.25) is 9.05 Å². The molecule has 1 aliphatic rings. The van der Waals surface area contributed by atoms with E-state index in [9.17, 15) is 13.2 Å². The van der Waals surface area contributed by atoms with Crippen LogP contribution in [0.5, 0.6) is 0 Å². The fourth-order valence-electron chi connectivity index (χ4n) is 1.05. The first-order valence-corrected chi connectivity index (χ1v) is 6.25. The lowest BCUT2D eigenvalue weighted by molar-refractivity contribution is -0.119. The molecular weight excluding hydrogens is 226 g/mol. The highest BCUT2D eigenvalue weighted by Gasteiger charge is 2.30. The molecule has 0 atom stereocenters. The van der Waals surface area contributed by atoms with Gasteiger partial charge in [0.15, 0.2) is 5.78 Å². The van der Waals surface area contributed by atoms with E-state index in [1.807, 2.05) is 0 Å². The lowest BCUT2D eigenvalue weighted by Crippen LogP contribution is -2.44. The quantitative estimate of drug-likeness (QED) is 0.553. The van der Waals surface area contributed by atoms with Gasteiger partial charge in [-0.15, -0.1) is 0 Å². The predicted molar refractivity (Wildman–Crippen MR) is 54.4 cm³/mol. The number of hydrogen-bond donors (Lipinski definition) is 1. The highest BCUT2D eigenvalue weighted by Crippen LogP contribution is 2.20. The minimum atomic E-state index is -3.67. The molecule has 0 radical (unpaired) electrons. The molecule has 14 heavy (non-hydrogen) atoms. The Bertz CT molecular complexity index is 396. The Labute approximate surface area is 86.8 Å². The molecule has 0 saturated heterocycles. The van der Waals surface area contributed by atoms with Crippen LogP contribution in [0.3, 0.4) is 0 Å². The molecule has 78 valence electrons. The Balaban J connectivity index is 2.97. The maximum absolute atomic E-state index is 11.1. The molecule has 0 heterocycles. The van der Waals surface area contributed by atoms with Crippen molar-refractivity contribution in [3.8, 4) is 0 Å². The van der Waals surface area contributed by atoms with Gasteiger partial charge < -0.3 is 5.73 Å². The van der Waals surface area contributed by atoms with Gasteiger partial charge in [0.1, 0.15) is 10.8 Å². The molecule has 0 aromatic heterocycles. The van der Waals surface area contributed by atoms with Gasteiger partial charge >= 0.3 is 0 Å². The second kappa shape index (κ2) is 3.49. The first-order chi connectivity index (χ1) is 6.26. The Morgan fingerprint density at radius 3 is 2.14 bits per heavy atom. The van der Waals surface area contributed by atoms with Crippen LogP contribution in [0.1, 0.15) is 6.92 Å². The summed E-state index contributed by atoms with van der Waals surface area (Å²) in [5, 5.41) is -0.903. The second-order valence-electron chi connectivity index (χ2n) is 3.15. The fraction of sp³-hybridized carbons (Fsp3) is 0.375. The summed E-state index contributed by atoms with van der Waals surface area (Å²) < 4.78 is 21.8. The molecule has 0 aromatic rings. The smallest absolute Gasteiger partial charge is 0.242 e. The Hall–Kier alpha value is -0.650. The van der Waals surface area contributed by atoms with Crippen molar-refractivity contribution in [2.45, 2.75) is 17.7 Å². The number of carbonyl (C=O) groups excluding carboxylic acids is 1. The zero-order valence-corrected chi connectivity index (χ0v) is 9.05. The summed E-state index contributed by atoms with van der Waals surface area (Å²) in [6.07, 6.45) is 5.31. The average molecular weight is 236 g/mol. The van der Waals surface area contributed by atoms with Crippen LogP contribution in [0.4, 0.5) is 0 Å². The van der Waals surface area contributed by atoms with E-state index >= 15 is 0 Å². The largest absolute Gasteiger partial charge is 0.313 e. The van der Waals surface area contributed by atoms with Crippen LogP contribution >= 0.6 is 10.7 Å². The third kappa shape index (κ3) is 2.23. The molecule has 0 spiro atoms. The lowest BCUT2D eigenvalue weighted by Gasteiger charge is -2.22. The van der Waals surface area contributed by atoms with Crippen molar-refractivity contribution < 1.29 is 13.2 Å². The maximum atomic E-state index is 11.1. The Kier molecular flexibility index (Phi) is 2.85. The number of halogens is 1. The molecule has 6 heteroatoms. The van der Waals surface area contributed by atoms with Crippen molar-refractivity contribution in [2.75, 3.05) is 0 Å². The highest BCUT2D eigenvalue weighted by molar-refractivity contribution is 8.14. The monoisotopic (exact) mass is 235 g/mol. The molecule has 0 amide bonds. The molecule has 0 fully saturated rings. The summed E-state index contributed by atoms with van der Waals surface area (Å²) in [6, 6.07) is 0. The van der Waals surface area contributed by atoms with E-state index in [-0.39, 0.29) is 5.78 Å². The summed E-state index contributed by atoms with van der Waals surface area (Å²) in [6.45, 7) is 1.34. The molecule has 2 N–H and O–H groups in total. The minimum Gasteiger partial charge on any atom is -0.313 e. The van der Waals surface area contributed by atoms with E-state index in [1.54, 1.807) is 0 Å². The summed E-state index contributed by atoms with van der Waals surface area (Å²) in [5.41, 5.74) is 4.45. The molecular formula is C8H10ClNO3S. The number of nitrogens with two attached hydrogens (primary N) is 1. The van der Waals surface area contributed by atoms with Crippen molar-refractivity contribution >= 4 is 25.5 Å². The molecule has 0 bridgehead atoms.